The van der Waals surface area contributed by atoms with Crippen LogP contribution in [0.2, 0.25) is 5.02 Å². The van der Waals surface area contributed by atoms with Gasteiger partial charge in [0.1, 0.15) is 12.4 Å². The van der Waals surface area contributed by atoms with Gasteiger partial charge in [-0.3, -0.25) is 0 Å². The summed E-state index contributed by atoms with van der Waals surface area (Å²) in [6, 6.07) is 18.4. The van der Waals surface area contributed by atoms with E-state index in [4.69, 9.17) is 21.1 Å². The molecule has 0 radical (unpaired) electrons. The van der Waals surface area contributed by atoms with E-state index in [9.17, 15) is 4.39 Å². The van der Waals surface area contributed by atoms with Crippen molar-refractivity contribution in [1.82, 2.24) is 5.32 Å². The van der Waals surface area contributed by atoms with Gasteiger partial charge in [0.2, 0.25) is 0 Å². The summed E-state index contributed by atoms with van der Waals surface area (Å²) < 4.78 is 25.8. The van der Waals surface area contributed by atoms with Crippen LogP contribution in [0.1, 0.15) is 16.7 Å². The standard InChI is InChI=1S/C23H22BrClFNO2/c1-28-22-10-9-20(24)19(14-27-12-11-16-5-3-2-4-6-16)23(22)29-15-17-7-8-18(26)13-21(17)25/h2-10,13,27H,11-12,14-15H2,1H3. The molecule has 3 rings (SSSR count). The smallest absolute Gasteiger partial charge is 0.167 e. The molecule has 152 valence electrons. The molecular weight excluding hydrogens is 457 g/mol. The molecule has 0 unspecified atom stereocenters. The van der Waals surface area contributed by atoms with Crippen molar-refractivity contribution in [2.24, 2.45) is 0 Å². The first-order valence-electron chi connectivity index (χ1n) is 9.25. The van der Waals surface area contributed by atoms with E-state index in [1.807, 2.05) is 30.3 Å². The third-order valence-corrected chi connectivity index (χ3v) is 5.60. The summed E-state index contributed by atoms with van der Waals surface area (Å²) in [7, 11) is 1.60. The average Bonchev–Trinajstić information content (AvgIpc) is 2.72. The molecule has 0 fully saturated rings. The Morgan fingerprint density at radius 1 is 1.07 bits per heavy atom. The minimum Gasteiger partial charge on any atom is -0.493 e. The van der Waals surface area contributed by atoms with Crippen molar-refractivity contribution in [2.45, 2.75) is 19.6 Å². The van der Waals surface area contributed by atoms with Crippen molar-refractivity contribution in [3.63, 3.8) is 0 Å². The molecule has 0 heterocycles. The first kappa shape index (κ1) is 21.6. The quantitative estimate of drug-likeness (QED) is 0.374. The van der Waals surface area contributed by atoms with Crippen LogP contribution in [-0.2, 0) is 19.6 Å². The minimum atomic E-state index is -0.373. The lowest BCUT2D eigenvalue weighted by Crippen LogP contribution is -2.18. The van der Waals surface area contributed by atoms with Crippen LogP contribution in [0.3, 0.4) is 0 Å². The maximum atomic E-state index is 13.3. The van der Waals surface area contributed by atoms with Gasteiger partial charge < -0.3 is 14.8 Å². The van der Waals surface area contributed by atoms with Crippen molar-refractivity contribution >= 4 is 27.5 Å². The topological polar surface area (TPSA) is 30.5 Å². The Kier molecular flexibility index (Phi) is 7.92. The molecular formula is C23H22BrClFNO2. The average molecular weight is 479 g/mol. The Bertz CT molecular complexity index is 953. The summed E-state index contributed by atoms with van der Waals surface area (Å²) in [6.45, 7) is 1.65. The second-order valence-electron chi connectivity index (χ2n) is 6.49. The molecule has 29 heavy (non-hydrogen) atoms. The van der Waals surface area contributed by atoms with Crippen molar-refractivity contribution in [3.8, 4) is 11.5 Å². The zero-order valence-electron chi connectivity index (χ0n) is 16.1. The van der Waals surface area contributed by atoms with Gasteiger partial charge >= 0.3 is 0 Å². The summed E-state index contributed by atoms with van der Waals surface area (Å²) in [5.74, 6) is 0.892. The maximum Gasteiger partial charge on any atom is 0.167 e. The SMILES string of the molecule is COc1ccc(Br)c(CNCCc2ccccc2)c1OCc1ccc(F)cc1Cl. The molecule has 0 spiro atoms. The Morgan fingerprint density at radius 2 is 1.86 bits per heavy atom. The normalized spacial score (nSPS) is 10.8. The summed E-state index contributed by atoms with van der Waals surface area (Å²) >= 11 is 9.73. The lowest BCUT2D eigenvalue weighted by atomic mass is 10.1. The van der Waals surface area contributed by atoms with E-state index >= 15 is 0 Å². The Hall–Kier alpha value is -2.08. The first-order valence-corrected chi connectivity index (χ1v) is 10.4. The van der Waals surface area contributed by atoms with Crippen LogP contribution in [0.25, 0.3) is 0 Å². The van der Waals surface area contributed by atoms with Crippen molar-refractivity contribution in [2.75, 3.05) is 13.7 Å². The van der Waals surface area contributed by atoms with E-state index in [1.165, 1.54) is 17.7 Å². The Labute approximate surface area is 183 Å². The van der Waals surface area contributed by atoms with Gasteiger partial charge in [0.05, 0.1) is 12.1 Å². The van der Waals surface area contributed by atoms with Crippen LogP contribution >= 0.6 is 27.5 Å². The maximum absolute atomic E-state index is 13.3. The van der Waals surface area contributed by atoms with Crippen LogP contribution in [0.4, 0.5) is 4.39 Å². The van der Waals surface area contributed by atoms with E-state index in [0.29, 0.717) is 28.6 Å². The summed E-state index contributed by atoms with van der Waals surface area (Å²) in [5, 5.41) is 3.79. The summed E-state index contributed by atoms with van der Waals surface area (Å²) in [6.07, 6.45) is 0.934. The van der Waals surface area contributed by atoms with E-state index in [0.717, 1.165) is 23.0 Å². The number of hydrogen-bond acceptors (Lipinski definition) is 3. The van der Waals surface area contributed by atoms with E-state index in [2.05, 4.69) is 33.4 Å². The van der Waals surface area contributed by atoms with Gasteiger partial charge in [0.15, 0.2) is 11.5 Å². The number of methoxy groups -OCH3 is 1. The Balaban J connectivity index is 1.70. The summed E-state index contributed by atoms with van der Waals surface area (Å²) in [5.41, 5.74) is 2.95. The number of ether oxygens (including phenoxy) is 2. The molecule has 0 atom stereocenters. The fourth-order valence-corrected chi connectivity index (χ4v) is 3.62. The number of benzene rings is 3. The zero-order valence-corrected chi connectivity index (χ0v) is 18.4. The second kappa shape index (κ2) is 10.6. The highest BCUT2D eigenvalue weighted by molar-refractivity contribution is 9.10. The van der Waals surface area contributed by atoms with Gasteiger partial charge in [-0.2, -0.15) is 0 Å². The molecule has 3 aromatic carbocycles. The predicted octanol–water partition coefficient (Wildman–Crippen LogP) is 6.16. The van der Waals surface area contributed by atoms with Crippen LogP contribution in [-0.4, -0.2) is 13.7 Å². The third-order valence-electron chi connectivity index (χ3n) is 4.51. The zero-order chi connectivity index (χ0) is 20.6. The Morgan fingerprint density at radius 3 is 2.59 bits per heavy atom. The van der Waals surface area contributed by atoms with Crippen molar-refractivity contribution < 1.29 is 13.9 Å². The van der Waals surface area contributed by atoms with Gasteiger partial charge in [-0.05, 0) is 42.8 Å². The van der Waals surface area contributed by atoms with Crippen molar-refractivity contribution in [3.05, 3.63) is 92.7 Å². The highest BCUT2D eigenvalue weighted by Gasteiger charge is 2.15. The number of halogens is 3. The van der Waals surface area contributed by atoms with Crippen molar-refractivity contribution in [1.29, 1.82) is 0 Å². The fourth-order valence-electron chi connectivity index (χ4n) is 2.95. The molecule has 0 aromatic heterocycles. The van der Waals surface area contributed by atoms with E-state index in [-0.39, 0.29) is 12.4 Å². The number of rotatable bonds is 9. The highest BCUT2D eigenvalue weighted by atomic mass is 79.9. The molecule has 0 aliphatic heterocycles. The van der Waals surface area contributed by atoms with Gasteiger partial charge in [-0.25, -0.2) is 4.39 Å². The number of nitrogens with one attached hydrogen (secondary N) is 1. The largest absolute Gasteiger partial charge is 0.493 e. The van der Waals surface area contributed by atoms with Gasteiger partial charge in [0, 0.05) is 22.1 Å². The first-order chi connectivity index (χ1) is 14.1. The lowest BCUT2D eigenvalue weighted by Gasteiger charge is -2.17. The van der Waals surface area contributed by atoms with Crippen LogP contribution < -0.4 is 14.8 Å². The lowest BCUT2D eigenvalue weighted by molar-refractivity contribution is 0.280. The summed E-state index contributed by atoms with van der Waals surface area (Å²) in [4.78, 5) is 0. The third kappa shape index (κ3) is 5.95. The second-order valence-corrected chi connectivity index (χ2v) is 7.76. The molecule has 0 saturated heterocycles. The molecule has 0 bridgehead atoms. The molecule has 3 aromatic rings. The highest BCUT2D eigenvalue weighted by Crippen LogP contribution is 2.37. The molecule has 0 saturated carbocycles. The van der Waals surface area contributed by atoms with E-state index < -0.39 is 0 Å². The predicted molar refractivity (Wildman–Crippen MR) is 118 cm³/mol. The monoisotopic (exact) mass is 477 g/mol. The molecule has 0 aliphatic rings. The van der Waals surface area contributed by atoms with Crippen LogP contribution in [0.15, 0.2) is 65.1 Å². The molecule has 0 aliphatic carbocycles. The van der Waals surface area contributed by atoms with E-state index in [1.54, 1.807) is 13.2 Å². The van der Waals surface area contributed by atoms with Gasteiger partial charge in [-0.15, -0.1) is 0 Å². The molecule has 6 heteroatoms. The van der Waals surface area contributed by atoms with Crippen LogP contribution in [0.5, 0.6) is 11.5 Å². The number of hydrogen-bond donors (Lipinski definition) is 1. The molecule has 3 nitrogen and oxygen atoms in total. The van der Waals surface area contributed by atoms with Gasteiger partial charge in [-0.1, -0.05) is 63.9 Å². The molecule has 0 amide bonds. The minimum absolute atomic E-state index is 0.211. The van der Waals surface area contributed by atoms with Crippen LogP contribution in [0, 0.1) is 5.82 Å². The fraction of sp³-hybridized carbons (Fsp3) is 0.217. The molecule has 1 N–H and O–H groups in total. The van der Waals surface area contributed by atoms with Gasteiger partial charge in [0.25, 0.3) is 0 Å².